The molecule has 1 aliphatic heterocycles. The Morgan fingerprint density at radius 1 is 1.39 bits per heavy atom. The lowest BCUT2D eigenvalue weighted by Gasteiger charge is -2.14. The maximum absolute atomic E-state index is 11.9. The highest BCUT2D eigenvalue weighted by Gasteiger charge is 2.22. The van der Waals surface area contributed by atoms with E-state index in [9.17, 15) is 17.8 Å². The van der Waals surface area contributed by atoms with Crippen LogP contribution in [0.25, 0.3) is 16.3 Å². The van der Waals surface area contributed by atoms with Crippen LogP contribution in [0.15, 0.2) is 41.4 Å². The first-order chi connectivity index (χ1) is 12.9. The molecule has 10 heteroatoms. The summed E-state index contributed by atoms with van der Waals surface area (Å²) in [5, 5.41) is 1.99. The second-order valence-corrected chi connectivity index (χ2v) is 9.06. The van der Waals surface area contributed by atoms with E-state index in [1.165, 1.54) is 21.1 Å². The Labute approximate surface area is 173 Å². The summed E-state index contributed by atoms with van der Waals surface area (Å²) in [5.74, 6) is 0.204. The molecule has 152 valence electrons. The largest absolute Gasteiger partial charge is 0.731 e. The minimum atomic E-state index is -4.83. The van der Waals surface area contributed by atoms with Crippen molar-refractivity contribution in [1.29, 1.82) is 0 Å². The number of hydrogen-bond acceptors (Lipinski definition) is 7. The quantitative estimate of drug-likeness (QED) is 0.546. The number of aromatic nitrogens is 1. The van der Waals surface area contributed by atoms with Gasteiger partial charge in [-0.05, 0) is 19.1 Å². The van der Waals surface area contributed by atoms with Gasteiger partial charge in [0.05, 0.1) is 5.03 Å². The van der Waals surface area contributed by atoms with E-state index in [4.69, 9.17) is 0 Å². The van der Waals surface area contributed by atoms with Crippen LogP contribution in [0.2, 0.25) is 0 Å². The van der Waals surface area contributed by atoms with Crippen molar-refractivity contribution in [3.8, 4) is 0 Å². The third-order valence-electron chi connectivity index (χ3n) is 3.96. The monoisotopic (exact) mass is 441 g/mol. The number of thioether (sulfide) groups is 1. The van der Waals surface area contributed by atoms with Crippen LogP contribution in [0.3, 0.4) is 0 Å². The molecular formula is C18H23N3O4S3. The van der Waals surface area contributed by atoms with Crippen molar-refractivity contribution in [3.05, 3.63) is 46.5 Å². The second kappa shape index (κ2) is 9.55. The predicted molar refractivity (Wildman–Crippen MR) is 113 cm³/mol. The SMILES string of the molecule is C.CCN1CCS/C1=C\C=C\c1sc2ccccc2[n+]1CC(=O)NS(=O)(=O)[O-]. The third kappa shape index (κ3) is 5.57. The summed E-state index contributed by atoms with van der Waals surface area (Å²) in [6.45, 7) is 3.86. The number of para-hydroxylation sites is 1. The summed E-state index contributed by atoms with van der Waals surface area (Å²) in [5.41, 5.74) is 0.804. The average molecular weight is 442 g/mol. The topological polar surface area (TPSA) is 93.4 Å². The Kier molecular flexibility index (Phi) is 7.64. The molecule has 0 unspecified atom stereocenters. The van der Waals surface area contributed by atoms with E-state index in [1.807, 2.05) is 42.5 Å². The lowest BCUT2D eigenvalue weighted by atomic mass is 10.3. The fraction of sp³-hybridized carbons (Fsp3) is 0.333. The lowest BCUT2D eigenvalue weighted by Crippen LogP contribution is -2.45. The predicted octanol–water partition coefficient (Wildman–Crippen LogP) is 2.32. The van der Waals surface area contributed by atoms with E-state index in [0.29, 0.717) is 0 Å². The molecular weight excluding hydrogens is 418 g/mol. The summed E-state index contributed by atoms with van der Waals surface area (Å²) in [6, 6.07) is 7.53. The molecule has 0 bridgehead atoms. The van der Waals surface area contributed by atoms with Crippen LogP contribution in [0.1, 0.15) is 19.4 Å². The Morgan fingerprint density at radius 2 is 2.14 bits per heavy atom. The number of allylic oxidation sites excluding steroid dienone is 2. The van der Waals surface area contributed by atoms with Crippen LogP contribution in [0, 0.1) is 0 Å². The first kappa shape index (κ1) is 22.4. The van der Waals surface area contributed by atoms with Crippen molar-refractivity contribution in [3.63, 3.8) is 0 Å². The van der Waals surface area contributed by atoms with Crippen LogP contribution >= 0.6 is 23.1 Å². The van der Waals surface area contributed by atoms with Gasteiger partial charge in [0, 0.05) is 31.0 Å². The van der Waals surface area contributed by atoms with Crippen molar-refractivity contribution >= 4 is 55.6 Å². The zero-order valence-corrected chi connectivity index (χ0v) is 17.1. The van der Waals surface area contributed by atoms with Gasteiger partial charge in [0.25, 0.3) is 10.9 Å². The summed E-state index contributed by atoms with van der Waals surface area (Å²) in [4.78, 5) is 14.2. The van der Waals surface area contributed by atoms with E-state index >= 15 is 0 Å². The van der Waals surface area contributed by atoms with Crippen LogP contribution < -0.4 is 9.29 Å². The minimum absolute atomic E-state index is 0. The molecule has 2 aromatic rings. The van der Waals surface area contributed by atoms with Crippen LogP contribution in [0.4, 0.5) is 0 Å². The molecule has 1 aliphatic rings. The van der Waals surface area contributed by atoms with E-state index in [0.717, 1.165) is 34.1 Å². The molecule has 1 N–H and O–H groups in total. The molecule has 2 heterocycles. The smallest absolute Gasteiger partial charge is 0.298 e. The van der Waals surface area contributed by atoms with Gasteiger partial charge in [-0.1, -0.05) is 37.0 Å². The van der Waals surface area contributed by atoms with Crippen molar-refractivity contribution in [2.24, 2.45) is 0 Å². The first-order valence-electron chi connectivity index (χ1n) is 8.31. The molecule has 0 saturated carbocycles. The van der Waals surface area contributed by atoms with Crippen molar-refractivity contribution in [2.45, 2.75) is 20.9 Å². The molecule has 0 atom stereocenters. The van der Waals surface area contributed by atoms with Gasteiger partial charge >= 0.3 is 0 Å². The highest BCUT2D eigenvalue weighted by atomic mass is 32.2. The average Bonchev–Trinajstić information content (AvgIpc) is 3.18. The summed E-state index contributed by atoms with van der Waals surface area (Å²) in [6.07, 6.45) is 5.86. The zero-order chi connectivity index (χ0) is 19.4. The Balaban J connectivity index is 0.00000280. The van der Waals surface area contributed by atoms with Gasteiger partial charge in [0.1, 0.15) is 4.70 Å². The highest BCUT2D eigenvalue weighted by molar-refractivity contribution is 8.03. The number of nitrogens with one attached hydrogen (secondary N) is 1. The van der Waals surface area contributed by atoms with Gasteiger partial charge in [-0.2, -0.15) is 4.57 Å². The fourth-order valence-corrected chi connectivity index (χ4v) is 5.31. The Bertz CT molecular complexity index is 1010. The molecule has 0 aliphatic carbocycles. The third-order valence-corrected chi connectivity index (χ3v) is 6.64. The van der Waals surface area contributed by atoms with Crippen LogP contribution in [0.5, 0.6) is 0 Å². The fourth-order valence-electron chi connectivity index (χ4n) is 2.80. The van der Waals surface area contributed by atoms with E-state index < -0.39 is 16.2 Å². The summed E-state index contributed by atoms with van der Waals surface area (Å²) >= 11 is 3.30. The molecule has 1 fully saturated rings. The highest BCUT2D eigenvalue weighted by Crippen LogP contribution is 2.27. The number of rotatable bonds is 6. The molecule has 3 rings (SSSR count). The number of nitrogens with zero attached hydrogens (tertiary/aromatic N) is 2. The number of carbonyl (C=O) groups excluding carboxylic acids is 1. The lowest BCUT2D eigenvalue weighted by molar-refractivity contribution is -0.655. The number of amides is 1. The Morgan fingerprint density at radius 3 is 2.86 bits per heavy atom. The second-order valence-electron chi connectivity index (χ2n) is 5.77. The maximum atomic E-state index is 11.9. The van der Waals surface area contributed by atoms with Gasteiger partial charge in [-0.3, -0.25) is 9.52 Å². The number of thiazole rings is 1. The Hall–Kier alpha value is -1.88. The molecule has 0 radical (unpaired) electrons. The van der Waals surface area contributed by atoms with Crippen LogP contribution in [-0.4, -0.2) is 42.6 Å². The first-order valence-corrected chi connectivity index (χ1v) is 11.5. The van der Waals surface area contributed by atoms with Crippen molar-refractivity contribution < 1.29 is 22.3 Å². The van der Waals surface area contributed by atoms with E-state index in [1.54, 1.807) is 16.3 Å². The van der Waals surface area contributed by atoms with Gasteiger partial charge in [0.15, 0.2) is 10.3 Å². The molecule has 0 spiro atoms. The number of carbonyl (C=O) groups is 1. The molecule has 1 aromatic carbocycles. The zero-order valence-electron chi connectivity index (χ0n) is 14.6. The molecule has 1 saturated heterocycles. The van der Waals surface area contributed by atoms with Crippen molar-refractivity contribution in [2.75, 3.05) is 18.8 Å². The molecule has 28 heavy (non-hydrogen) atoms. The summed E-state index contributed by atoms with van der Waals surface area (Å²) < 4.78 is 36.5. The van der Waals surface area contributed by atoms with Crippen LogP contribution in [-0.2, 0) is 21.6 Å². The standard InChI is InChI=1S/C17H19N3O4S3.CH4/c1-2-19-10-11-25-16(19)8-5-9-17-20(12-15(21)18-27(22,23)24)13-6-3-4-7-14(13)26-17;/h3-9H,2,10-12H2,1H3,(H-,18,21,22,23,24);1H4. The normalized spacial score (nSPS) is 16.1. The van der Waals surface area contributed by atoms with Gasteiger partial charge in [0.2, 0.25) is 12.1 Å². The van der Waals surface area contributed by atoms with Crippen molar-refractivity contribution in [1.82, 2.24) is 9.62 Å². The van der Waals surface area contributed by atoms with Gasteiger partial charge < -0.3 is 9.45 Å². The van der Waals surface area contributed by atoms with Gasteiger partial charge in [-0.15, -0.1) is 11.8 Å². The number of benzene rings is 1. The summed E-state index contributed by atoms with van der Waals surface area (Å²) in [7, 11) is -4.83. The number of hydrogen-bond donors (Lipinski definition) is 1. The number of fused-ring (bicyclic) bond motifs is 1. The minimum Gasteiger partial charge on any atom is -0.731 e. The van der Waals surface area contributed by atoms with E-state index in [2.05, 4.69) is 11.8 Å². The molecule has 7 nitrogen and oxygen atoms in total. The molecule has 1 aromatic heterocycles. The van der Waals surface area contributed by atoms with E-state index in [-0.39, 0.29) is 14.0 Å². The van der Waals surface area contributed by atoms with Gasteiger partial charge in [-0.25, -0.2) is 8.42 Å². The maximum Gasteiger partial charge on any atom is 0.298 e. The molecule has 1 amide bonds.